The minimum atomic E-state index is 0.195. The quantitative estimate of drug-likeness (QED) is 0.743. The molecule has 0 aliphatic heterocycles. The molecule has 0 fully saturated rings. The van der Waals surface area contributed by atoms with Gasteiger partial charge >= 0.3 is 0 Å². The molecule has 0 aliphatic carbocycles. The maximum absolute atomic E-state index is 8.81. The van der Waals surface area contributed by atoms with E-state index in [4.69, 9.17) is 5.11 Å². The van der Waals surface area contributed by atoms with Gasteiger partial charge in [-0.3, -0.25) is 0 Å². The summed E-state index contributed by atoms with van der Waals surface area (Å²) in [5, 5.41) is 12.1. The Kier molecular flexibility index (Phi) is 4.63. The smallest absolute Gasteiger partial charge is 0.0581 e. The van der Waals surface area contributed by atoms with Gasteiger partial charge in [-0.15, -0.1) is 0 Å². The summed E-state index contributed by atoms with van der Waals surface area (Å²) in [6.45, 7) is 5.20. The number of aliphatic hydroxyl groups is 1. The summed E-state index contributed by atoms with van der Waals surface area (Å²) < 4.78 is 0. The average molecular weight is 193 g/mol. The molecule has 1 unspecified atom stereocenters. The van der Waals surface area contributed by atoms with Crippen LogP contribution in [0, 0.1) is 6.92 Å². The largest absolute Gasteiger partial charge is 0.395 e. The Morgan fingerprint density at radius 2 is 1.93 bits per heavy atom. The van der Waals surface area contributed by atoms with Crippen LogP contribution < -0.4 is 5.32 Å². The summed E-state index contributed by atoms with van der Waals surface area (Å²) in [5.74, 6) is 0. The summed E-state index contributed by atoms with van der Waals surface area (Å²) in [5.41, 5.74) is 2.64. The Morgan fingerprint density at radius 1 is 1.29 bits per heavy atom. The molecule has 2 nitrogen and oxygen atoms in total. The lowest BCUT2D eigenvalue weighted by Crippen LogP contribution is -2.30. The predicted molar refractivity (Wildman–Crippen MR) is 59.4 cm³/mol. The zero-order chi connectivity index (χ0) is 10.4. The van der Waals surface area contributed by atoms with E-state index in [1.165, 1.54) is 11.1 Å². The van der Waals surface area contributed by atoms with Gasteiger partial charge in [0.2, 0.25) is 0 Å². The first-order valence-corrected chi connectivity index (χ1v) is 5.12. The number of aryl methyl sites for hydroxylation is 1. The van der Waals surface area contributed by atoms with Crippen LogP contribution in [0.1, 0.15) is 18.1 Å². The highest BCUT2D eigenvalue weighted by molar-refractivity contribution is 5.21. The van der Waals surface area contributed by atoms with Crippen molar-refractivity contribution in [2.45, 2.75) is 26.3 Å². The molecule has 0 heterocycles. The fourth-order valence-electron chi connectivity index (χ4n) is 1.28. The van der Waals surface area contributed by atoms with Crippen LogP contribution in [-0.2, 0) is 6.42 Å². The number of benzene rings is 1. The van der Waals surface area contributed by atoms with E-state index in [0.29, 0.717) is 0 Å². The number of nitrogens with one attached hydrogen (secondary N) is 1. The highest BCUT2D eigenvalue weighted by Gasteiger charge is 1.97. The summed E-state index contributed by atoms with van der Waals surface area (Å²) in [7, 11) is 0. The normalized spacial score (nSPS) is 12.8. The van der Waals surface area contributed by atoms with Gasteiger partial charge in [0, 0.05) is 6.04 Å². The Bertz CT molecular complexity index is 256. The van der Waals surface area contributed by atoms with Crippen LogP contribution in [0.4, 0.5) is 0 Å². The molecule has 0 bridgehead atoms. The Morgan fingerprint density at radius 3 is 2.50 bits per heavy atom. The lowest BCUT2D eigenvalue weighted by atomic mass is 10.1. The van der Waals surface area contributed by atoms with Crippen molar-refractivity contribution in [2.24, 2.45) is 0 Å². The zero-order valence-electron chi connectivity index (χ0n) is 8.96. The molecule has 0 aromatic heterocycles. The summed E-state index contributed by atoms with van der Waals surface area (Å²) in [6.07, 6.45) is 1.02. The molecular formula is C12H19NO. The molecule has 2 N–H and O–H groups in total. The average Bonchev–Trinajstić information content (AvgIpc) is 2.21. The molecule has 14 heavy (non-hydrogen) atoms. The van der Waals surface area contributed by atoms with Gasteiger partial charge in [-0.1, -0.05) is 29.8 Å². The highest BCUT2D eigenvalue weighted by atomic mass is 16.3. The van der Waals surface area contributed by atoms with Gasteiger partial charge in [-0.25, -0.2) is 0 Å². The number of aliphatic hydroxyl groups excluding tert-OH is 1. The second-order valence-corrected chi connectivity index (χ2v) is 3.77. The van der Waals surface area contributed by atoms with E-state index in [-0.39, 0.29) is 12.6 Å². The van der Waals surface area contributed by atoms with Crippen LogP contribution in [0.5, 0.6) is 0 Å². The minimum absolute atomic E-state index is 0.195. The molecule has 1 rings (SSSR count). The summed E-state index contributed by atoms with van der Waals surface area (Å²) >= 11 is 0. The van der Waals surface area contributed by atoms with Crippen LogP contribution in [0.3, 0.4) is 0 Å². The van der Waals surface area contributed by atoms with E-state index in [1.54, 1.807) is 0 Å². The second kappa shape index (κ2) is 5.78. The molecule has 0 saturated heterocycles. The van der Waals surface area contributed by atoms with Crippen LogP contribution >= 0.6 is 0 Å². The van der Waals surface area contributed by atoms with Crippen molar-refractivity contribution in [3.05, 3.63) is 35.4 Å². The molecule has 0 aliphatic rings. The lowest BCUT2D eigenvalue weighted by molar-refractivity contribution is 0.252. The van der Waals surface area contributed by atoms with Gasteiger partial charge in [0.15, 0.2) is 0 Å². The van der Waals surface area contributed by atoms with Crippen molar-refractivity contribution in [3.8, 4) is 0 Å². The van der Waals surface area contributed by atoms with E-state index in [1.807, 2.05) is 6.92 Å². The Hall–Kier alpha value is -0.860. The molecule has 2 heteroatoms. The topological polar surface area (TPSA) is 32.3 Å². The van der Waals surface area contributed by atoms with Gasteiger partial charge in [0.1, 0.15) is 0 Å². The standard InChI is InChI=1S/C12H19NO/c1-10-3-5-12(6-4-10)7-8-13-11(2)9-14/h3-6,11,13-14H,7-9H2,1-2H3. The molecule has 1 aromatic carbocycles. The van der Waals surface area contributed by atoms with Crippen molar-refractivity contribution in [1.29, 1.82) is 0 Å². The Balaban J connectivity index is 2.28. The highest BCUT2D eigenvalue weighted by Crippen LogP contribution is 2.03. The molecule has 1 aromatic rings. The van der Waals surface area contributed by atoms with Gasteiger partial charge in [-0.2, -0.15) is 0 Å². The monoisotopic (exact) mass is 193 g/mol. The van der Waals surface area contributed by atoms with Gasteiger partial charge in [0.05, 0.1) is 6.61 Å². The third kappa shape index (κ3) is 3.90. The zero-order valence-corrected chi connectivity index (χ0v) is 8.96. The predicted octanol–water partition coefficient (Wildman–Crippen LogP) is 1.51. The van der Waals surface area contributed by atoms with Gasteiger partial charge in [-0.05, 0) is 32.4 Å². The van der Waals surface area contributed by atoms with Gasteiger partial charge in [0.25, 0.3) is 0 Å². The van der Waals surface area contributed by atoms with E-state index in [0.717, 1.165) is 13.0 Å². The van der Waals surface area contributed by atoms with Crippen molar-refractivity contribution < 1.29 is 5.11 Å². The second-order valence-electron chi connectivity index (χ2n) is 3.77. The number of hydrogen-bond acceptors (Lipinski definition) is 2. The van der Waals surface area contributed by atoms with E-state index >= 15 is 0 Å². The van der Waals surface area contributed by atoms with Crippen molar-refractivity contribution >= 4 is 0 Å². The van der Waals surface area contributed by atoms with Gasteiger partial charge < -0.3 is 10.4 Å². The molecule has 78 valence electrons. The minimum Gasteiger partial charge on any atom is -0.395 e. The molecule has 0 spiro atoms. The first-order valence-electron chi connectivity index (χ1n) is 5.12. The SMILES string of the molecule is Cc1ccc(CCNC(C)CO)cc1. The van der Waals surface area contributed by atoms with E-state index in [2.05, 4.69) is 36.5 Å². The fraction of sp³-hybridized carbons (Fsp3) is 0.500. The van der Waals surface area contributed by atoms with Crippen molar-refractivity contribution in [3.63, 3.8) is 0 Å². The maximum atomic E-state index is 8.81. The molecule has 0 amide bonds. The van der Waals surface area contributed by atoms with Crippen LogP contribution in [0.15, 0.2) is 24.3 Å². The first-order chi connectivity index (χ1) is 6.72. The lowest BCUT2D eigenvalue weighted by Gasteiger charge is -2.10. The third-order valence-corrected chi connectivity index (χ3v) is 2.30. The first kappa shape index (κ1) is 11.2. The Labute approximate surface area is 86.0 Å². The molecule has 0 saturated carbocycles. The number of rotatable bonds is 5. The summed E-state index contributed by atoms with van der Waals surface area (Å²) in [4.78, 5) is 0. The van der Waals surface area contributed by atoms with Crippen LogP contribution in [0.2, 0.25) is 0 Å². The molecular weight excluding hydrogens is 174 g/mol. The van der Waals surface area contributed by atoms with E-state index in [9.17, 15) is 0 Å². The molecule has 0 radical (unpaired) electrons. The fourth-order valence-corrected chi connectivity index (χ4v) is 1.28. The van der Waals surface area contributed by atoms with Crippen molar-refractivity contribution in [1.82, 2.24) is 5.32 Å². The number of hydrogen-bond donors (Lipinski definition) is 2. The van der Waals surface area contributed by atoms with E-state index < -0.39 is 0 Å². The molecule has 1 atom stereocenters. The maximum Gasteiger partial charge on any atom is 0.0581 e. The van der Waals surface area contributed by atoms with Crippen molar-refractivity contribution in [2.75, 3.05) is 13.2 Å². The van der Waals surface area contributed by atoms with Crippen LogP contribution in [0.25, 0.3) is 0 Å². The summed E-state index contributed by atoms with van der Waals surface area (Å²) in [6, 6.07) is 8.76. The van der Waals surface area contributed by atoms with Crippen LogP contribution in [-0.4, -0.2) is 24.3 Å². The third-order valence-electron chi connectivity index (χ3n) is 2.30.